The molecular formula is C14H22N2O4S2. The predicted octanol–water partition coefficient (Wildman–Crippen LogP) is 0.257. The molecule has 0 saturated carbocycles. The Morgan fingerprint density at radius 3 is 1.91 bits per heavy atom. The van der Waals surface area contributed by atoms with Crippen LogP contribution in [0.1, 0.15) is 0 Å². The number of anilines is 1. The highest BCUT2D eigenvalue weighted by atomic mass is 32.2. The first-order valence-electron chi connectivity index (χ1n) is 7.10. The fourth-order valence-electron chi connectivity index (χ4n) is 2.43. The number of nitrogens with zero attached hydrogens (tertiary/aromatic N) is 2. The van der Waals surface area contributed by atoms with Gasteiger partial charge in [-0.25, -0.2) is 16.8 Å². The van der Waals surface area contributed by atoms with Crippen molar-refractivity contribution >= 4 is 25.4 Å². The second-order valence-electron chi connectivity index (χ2n) is 5.72. The highest BCUT2D eigenvalue weighted by molar-refractivity contribution is 7.91. The molecule has 0 N–H and O–H groups in total. The van der Waals surface area contributed by atoms with Crippen molar-refractivity contribution in [3.05, 3.63) is 24.3 Å². The van der Waals surface area contributed by atoms with Crippen LogP contribution in [0.3, 0.4) is 0 Å². The summed E-state index contributed by atoms with van der Waals surface area (Å²) in [4.78, 5) is 4.65. The molecule has 1 aromatic rings. The van der Waals surface area contributed by atoms with Crippen LogP contribution in [0.25, 0.3) is 0 Å². The second kappa shape index (κ2) is 6.55. The van der Waals surface area contributed by atoms with E-state index in [1.165, 1.54) is 12.5 Å². The van der Waals surface area contributed by atoms with Gasteiger partial charge in [-0.2, -0.15) is 0 Å². The third-order valence-corrected chi connectivity index (χ3v) is 5.83. The highest BCUT2D eigenvalue weighted by Crippen LogP contribution is 2.19. The molecule has 1 aliphatic rings. The Kier molecular flexibility index (Phi) is 5.14. The Balaban J connectivity index is 1.92. The molecule has 1 fully saturated rings. The van der Waals surface area contributed by atoms with Gasteiger partial charge in [0, 0.05) is 50.9 Å². The molecule has 0 aromatic heterocycles. The lowest BCUT2D eigenvalue weighted by Crippen LogP contribution is -2.47. The molecule has 1 aromatic carbocycles. The van der Waals surface area contributed by atoms with Crippen LogP contribution < -0.4 is 4.90 Å². The molecule has 6 nitrogen and oxygen atoms in total. The highest BCUT2D eigenvalue weighted by Gasteiger charge is 2.18. The van der Waals surface area contributed by atoms with Crippen molar-refractivity contribution in [1.82, 2.24) is 4.90 Å². The van der Waals surface area contributed by atoms with E-state index in [9.17, 15) is 16.8 Å². The fourth-order valence-corrected chi connectivity index (χ4v) is 3.65. The normalized spacial score (nSPS) is 17.6. The van der Waals surface area contributed by atoms with Crippen LogP contribution in [-0.4, -0.2) is 72.7 Å². The van der Waals surface area contributed by atoms with Crippen molar-refractivity contribution in [3.8, 4) is 0 Å². The molecule has 0 amide bonds. The molecule has 1 heterocycles. The van der Waals surface area contributed by atoms with E-state index in [1.807, 2.05) is 12.1 Å². The number of piperazine rings is 1. The molecule has 0 unspecified atom stereocenters. The van der Waals surface area contributed by atoms with Crippen molar-refractivity contribution in [1.29, 1.82) is 0 Å². The molecule has 124 valence electrons. The molecular weight excluding hydrogens is 324 g/mol. The van der Waals surface area contributed by atoms with Crippen LogP contribution in [-0.2, 0) is 19.7 Å². The molecule has 8 heteroatoms. The summed E-state index contributed by atoms with van der Waals surface area (Å²) >= 11 is 0. The van der Waals surface area contributed by atoms with Gasteiger partial charge in [-0.1, -0.05) is 0 Å². The molecule has 1 aliphatic heterocycles. The van der Waals surface area contributed by atoms with Gasteiger partial charge in [0.15, 0.2) is 9.84 Å². The minimum atomic E-state index is -3.16. The summed E-state index contributed by atoms with van der Waals surface area (Å²) in [5.74, 6) is 0.191. The van der Waals surface area contributed by atoms with Gasteiger partial charge in [-0.05, 0) is 24.3 Å². The lowest BCUT2D eigenvalue weighted by Gasteiger charge is -2.36. The minimum Gasteiger partial charge on any atom is -0.369 e. The first kappa shape index (κ1) is 17.2. The minimum absolute atomic E-state index is 0.191. The Labute approximate surface area is 132 Å². The fraction of sp³-hybridized carbons (Fsp3) is 0.571. The third-order valence-electron chi connectivity index (χ3n) is 3.78. The molecule has 0 spiro atoms. The zero-order valence-corrected chi connectivity index (χ0v) is 14.5. The van der Waals surface area contributed by atoms with Crippen LogP contribution in [0.5, 0.6) is 0 Å². The van der Waals surface area contributed by atoms with Crippen LogP contribution in [0, 0.1) is 0 Å². The van der Waals surface area contributed by atoms with Crippen LogP contribution in [0.15, 0.2) is 29.2 Å². The maximum absolute atomic E-state index is 11.4. The summed E-state index contributed by atoms with van der Waals surface area (Å²) in [6, 6.07) is 6.90. The number of hydrogen-bond acceptors (Lipinski definition) is 6. The van der Waals surface area contributed by atoms with Gasteiger partial charge < -0.3 is 4.90 Å². The summed E-state index contributed by atoms with van der Waals surface area (Å²) in [5.41, 5.74) is 0.996. The van der Waals surface area contributed by atoms with E-state index >= 15 is 0 Å². The Bertz CT molecular complexity index is 704. The maximum atomic E-state index is 11.4. The molecule has 0 bridgehead atoms. The SMILES string of the molecule is CS(=O)(=O)CCN1CCN(c2ccc(S(C)(=O)=O)cc2)CC1. The van der Waals surface area contributed by atoms with Gasteiger partial charge >= 0.3 is 0 Å². The van der Waals surface area contributed by atoms with Gasteiger partial charge in [-0.15, -0.1) is 0 Å². The van der Waals surface area contributed by atoms with Gasteiger partial charge in [-0.3, -0.25) is 4.90 Å². The smallest absolute Gasteiger partial charge is 0.175 e. The average molecular weight is 346 g/mol. The Morgan fingerprint density at radius 2 is 1.45 bits per heavy atom. The third kappa shape index (κ3) is 4.96. The molecule has 2 rings (SSSR count). The van der Waals surface area contributed by atoms with E-state index in [-0.39, 0.29) is 5.75 Å². The molecule has 0 atom stereocenters. The summed E-state index contributed by atoms with van der Waals surface area (Å²) < 4.78 is 45.3. The number of benzene rings is 1. The molecule has 0 aliphatic carbocycles. The molecule has 1 saturated heterocycles. The molecule has 0 radical (unpaired) electrons. The first-order valence-corrected chi connectivity index (χ1v) is 11.1. The molecule has 22 heavy (non-hydrogen) atoms. The van der Waals surface area contributed by atoms with Crippen molar-refractivity contribution in [3.63, 3.8) is 0 Å². The quantitative estimate of drug-likeness (QED) is 0.761. The van der Waals surface area contributed by atoms with E-state index in [0.717, 1.165) is 31.9 Å². The zero-order chi connectivity index (χ0) is 16.4. The Hall–Kier alpha value is -1.12. The zero-order valence-electron chi connectivity index (χ0n) is 12.9. The monoisotopic (exact) mass is 346 g/mol. The topological polar surface area (TPSA) is 74.8 Å². The van der Waals surface area contributed by atoms with Crippen molar-refractivity contribution in [2.75, 3.05) is 55.9 Å². The standard InChI is InChI=1S/C14H22N2O4S2/c1-21(17,18)12-11-15-7-9-16(10-8-15)13-3-5-14(6-4-13)22(2,19)20/h3-6H,7-12H2,1-2H3. The average Bonchev–Trinajstić information content (AvgIpc) is 2.44. The van der Waals surface area contributed by atoms with Crippen LogP contribution in [0.2, 0.25) is 0 Å². The van der Waals surface area contributed by atoms with E-state index in [2.05, 4.69) is 9.80 Å². The first-order chi connectivity index (χ1) is 10.1. The number of hydrogen-bond donors (Lipinski definition) is 0. The van der Waals surface area contributed by atoms with Gasteiger partial charge in [0.05, 0.1) is 10.6 Å². The van der Waals surface area contributed by atoms with Gasteiger partial charge in [0.2, 0.25) is 0 Å². The van der Waals surface area contributed by atoms with Gasteiger partial charge in [0.1, 0.15) is 9.84 Å². The van der Waals surface area contributed by atoms with Crippen LogP contribution in [0.4, 0.5) is 5.69 Å². The number of sulfone groups is 2. The van der Waals surface area contributed by atoms with E-state index in [4.69, 9.17) is 0 Å². The summed E-state index contributed by atoms with van der Waals surface area (Å²) in [7, 11) is -6.08. The largest absolute Gasteiger partial charge is 0.369 e. The van der Waals surface area contributed by atoms with Gasteiger partial charge in [0.25, 0.3) is 0 Å². The van der Waals surface area contributed by atoms with E-state index in [0.29, 0.717) is 11.4 Å². The summed E-state index contributed by atoms with van der Waals surface area (Å²) in [6.45, 7) is 3.80. The maximum Gasteiger partial charge on any atom is 0.175 e. The lowest BCUT2D eigenvalue weighted by atomic mass is 10.2. The second-order valence-corrected chi connectivity index (χ2v) is 10.0. The van der Waals surface area contributed by atoms with Crippen molar-refractivity contribution in [2.24, 2.45) is 0 Å². The summed E-state index contributed by atoms with van der Waals surface area (Å²) in [5, 5.41) is 0. The van der Waals surface area contributed by atoms with E-state index < -0.39 is 19.7 Å². The summed E-state index contributed by atoms with van der Waals surface area (Å²) in [6.07, 6.45) is 2.45. The number of rotatable bonds is 5. The van der Waals surface area contributed by atoms with E-state index in [1.54, 1.807) is 12.1 Å². The predicted molar refractivity (Wildman–Crippen MR) is 87.9 cm³/mol. The Morgan fingerprint density at radius 1 is 0.909 bits per heavy atom. The van der Waals surface area contributed by atoms with Crippen molar-refractivity contribution in [2.45, 2.75) is 4.90 Å². The lowest BCUT2D eigenvalue weighted by molar-refractivity contribution is 0.272. The van der Waals surface area contributed by atoms with Crippen LogP contribution >= 0.6 is 0 Å². The van der Waals surface area contributed by atoms with Crippen molar-refractivity contribution < 1.29 is 16.8 Å².